The molecular weight excluding hydrogens is 234 g/mol. The number of hydrogen-bond donors (Lipinski definition) is 1. The highest BCUT2D eigenvalue weighted by Gasteiger charge is 2.33. The van der Waals surface area contributed by atoms with E-state index < -0.39 is 9.84 Å². The van der Waals surface area contributed by atoms with Crippen LogP contribution in [-0.4, -0.2) is 26.3 Å². The normalized spacial score (nSPS) is 39.4. The third kappa shape index (κ3) is 3.55. The number of hydrogen-bond acceptors (Lipinski definition) is 3. The standard InChI is InChI=1S/C13H23NO2S/c1-10-6-12(8-13(2,3)7-10)14-11-4-5-17(15,16)9-11/h4-5,10-12,14H,6-9H2,1-3H3. The minimum Gasteiger partial charge on any atom is -0.307 e. The van der Waals surface area contributed by atoms with Gasteiger partial charge in [-0.25, -0.2) is 8.42 Å². The van der Waals surface area contributed by atoms with Crippen molar-refractivity contribution in [1.82, 2.24) is 5.32 Å². The summed E-state index contributed by atoms with van der Waals surface area (Å²) < 4.78 is 22.7. The van der Waals surface area contributed by atoms with E-state index in [1.807, 2.05) is 0 Å². The first kappa shape index (κ1) is 13.1. The van der Waals surface area contributed by atoms with E-state index in [0.29, 0.717) is 11.5 Å². The largest absolute Gasteiger partial charge is 0.307 e. The Bertz CT molecular complexity index is 411. The van der Waals surface area contributed by atoms with Gasteiger partial charge in [-0.2, -0.15) is 0 Å². The minimum atomic E-state index is -2.93. The molecule has 0 aromatic rings. The lowest BCUT2D eigenvalue weighted by Gasteiger charge is -2.40. The predicted octanol–water partition coefficient (Wildman–Crippen LogP) is 2.10. The summed E-state index contributed by atoms with van der Waals surface area (Å²) in [6.45, 7) is 6.90. The van der Waals surface area contributed by atoms with Crippen molar-refractivity contribution in [3.8, 4) is 0 Å². The SMILES string of the molecule is CC1CC(NC2C=CS(=O)(=O)C2)CC(C)(C)C1. The van der Waals surface area contributed by atoms with E-state index in [4.69, 9.17) is 0 Å². The zero-order chi connectivity index (χ0) is 12.7. The molecule has 1 heterocycles. The lowest BCUT2D eigenvalue weighted by Crippen LogP contribution is -2.45. The third-order valence-corrected chi connectivity index (χ3v) is 5.16. The van der Waals surface area contributed by atoms with E-state index in [-0.39, 0.29) is 11.8 Å². The smallest absolute Gasteiger partial charge is 0.173 e. The van der Waals surface area contributed by atoms with Crippen molar-refractivity contribution in [1.29, 1.82) is 0 Å². The maximum Gasteiger partial charge on any atom is 0.173 e. The van der Waals surface area contributed by atoms with Crippen LogP contribution >= 0.6 is 0 Å². The molecule has 3 unspecified atom stereocenters. The molecule has 17 heavy (non-hydrogen) atoms. The Balaban J connectivity index is 1.94. The third-order valence-electron chi connectivity index (χ3n) is 3.77. The molecule has 0 spiro atoms. The Morgan fingerprint density at radius 2 is 2.00 bits per heavy atom. The molecule has 0 radical (unpaired) electrons. The van der Waals surface area contributed by atoms with Crippen molar-refractivity contribution in [3.05, 3.63) is 11.5 Å². The Morgan fingerprint density at radius 1 is 1.29 bits per heavy atom. The molecule has 1 fully saturated rings. The van der Waals surface area contributed by atoms with E-state index in [9.17, 15) is 8.42 Å². The average molecular weight is 257 g/mol. The summed E-state index contributed by atoms with van der Waals surface area (Å²) in [5, 5.41) is 4.84. The van der Waals surface area contributed by atoms with Crippen LogP contribution in [0.1, 0.15) is 40.0 Å². The summed E-state index contributed by atoms with van der Waals surface area (Å²) in [5.41, 5.74) is 0.372. The maximum absolute atomic E-state index is 11.3. The van der Waals surface area contributed by atoms with Gasteiger partial charge in [0, 0.05) is 17.5 Å². The molecule has 0 amide bonds. The Hall–Kier alpha value is -0.350. The van der Waals surface area contributed by atoms with Crippen molar-refractivity contribution >= 4 is 9.84 Å². The van der Waals surface area contributed by atoms with Gasteiger partial charge in [-0.15, -0.1) is 0 Å². The molecule has 1 saturated carbocycles. The lowest BCUT2D eigenvalue weighted by molar-refractivity contribution is 0.149. The van der Waals surface area contributed by atoms with Gasteiger partial charge in [0.1, 0.15) is 0 Å². The van der Waals surface area contributed by atoms with Crippen LogP contribution in [0.5, 0.6) is 0 Å². The van der Waals surface area contributed by atoms with Gasteiger partial charge in [-0.05, 0) is 30.6 Å². The average Bonchev–Trinajstić information content (AvgIpc) is 2.41. The number of rotatable bonds is 2. The zero-order valence-electron chi connectivity index (χ0n) is 10.9. The van der Waals surface area contributed by atoms with E-state index in [2.05, 4.69) is 26.1 Å². The molecule has 98 valence electrons. The van der Waals surface area contributed by atoms with Gasteiger partial charge in [0.15, 0.2) is 9.84 Å². The van der Waals surface area contributed by atoms with E-state index in [1.54, 1.807) is 6.08 Å². The highest BCUT2D eigenvalue weighted by atomic mass is 32.2. The van der Waals surface area contributed by atoms with Gasteiger partial charge in [0.05, 0.1) is 5.75 Å². The molecule has 1 aliphatic heterocycles. The van der Waals surface area contributed by atoms with Crippen molar-refractivity contribution in [2.45, 2.75) is 52.1 Å². The predicted molar refractivity (Wildman–Crippen MR) is 70.4 cm³/mol. The molecule has 0 aromatic heterocycles. The molecule has 0 aromatic carbocycles. The molecule has 4 heteroatoms. The Kier molecular flexibility index (Phi) is 3.38. The van der Waals surface area contributed by atoms with Crippen LogP contribution in [0.25, 0.3) is 0 Å². The van der Waals surface area contributed by atoms with E-state index >= 15 is 0 Å². The fourth-order valence-electron chi connectivity index (χ4n) is 3.46. The van der Waals surface area contributed by atoms with Gasteiger partial charge in [0.2, 0.25) is 0 Å². The number of nitrogens with one attached hydrogen (secondary N) is 1. The van der Waals surface area contributed by atoms with Crippen molar-refractivity contribution < 1.29 is 8.42 Å². The second kappa shape index (κ2) is 4.39. The molecule has 1 aliphatic carbocycles. The minimum absolute atomic E-state index is 0.0195. The summed E-state index contributed by atoms with van der Waals surface area (Å²) in [6.07, 6.45) is 5.36. The second-order valence-corrected chi connectivity index (χ2v) is 8.47. The van der Waals surface area contributed by atoms with Gasteiger partial charge >= 0.3 is 0 Å². The quantitative estimate of drug-likeness (QED) is 0.824. The summed E-state index contributed by atoms with van der Waals surface area (Å²) >= 11 is 0. The van der Waals surface area contributed by atoms with E-state index in [0.717, 1.165) is 18.8 Å². The monoisotopic (exact) mass is 257 g/mol. The van der Waals surface area contributed by atoms with Crippen LogP contribution in [-0.2, 0) is 9.84 Å². The molecule has 0 saturated heterocycles. The fourth-order valence-corrected chi connectivity index (χ4v) is 4.70. The van der Waals surface area contributed by atoms with Crippen LogP contribution in [0.3, 0.4) is 0 Å². The van der Waals surface area contributed by atoms with Gasteiger partial charge in [-0.1, -0.05) is 26.8 Å². The van der Waals surface area contributed by atoms with Crippen molar-refractivity contribution in [3.63, 3.8) is 0 Å². The number of sulfone groups is 1. The zero-order valence-corrected chi connectivity index (χ0v) is 11.8. The van der Waals surface area contributed by atoms with Crippen LogP contribution in [0.2, 0.25) is 0 Å². The highest BCUT2D eigenvalue weighted by molar-refractivity contribution is 7.94. The molecule has 2 aliphatic rings. The van der Waals surface area contributed by atoms with Gasteiger partial charge in [0.25, 0.3) is 0 Å². The summed E-state index contributed by atoms with van der Waals surface area (Å²) in [6, 6.07) is 0.475. The first-order valence-electron chi connectivity index (χ1n) is 6.43. The fraction of sp³-hybridized carbons (Fsp3) is 0.846. The second-order valence-electron chi connectivity index (χ2n) is 6.54. The highest BCUT2D eigenvalue weighted by Crippen LogP contribution is 2.38. The Morgan fingerprint density at radius 3 is 2.53 bits per heavy atom. The van der Waals surface area contributed by atoms with Crippen molar-refractivity contribution in [2.24, 2.45) is 11.3 Å². The lowest BCUT2D eigenvalue weighted by atomic mass is 9.70. The summed E-state index contributed by atoms with van der Waals surface area (Å²) in [4.78, 5) is 0. The van der Waals surface area contributed by atoms with Crippen LogP contribution in [0.15, 0.2) is 11.5 Å². The van der Waals surface area contributed by atoms with Gasteiger partial charge < -0.3 is 5.32 Å². The molecule has 1 N–H and O–H groups in total. The van der Waals surface area contributed by atoms with Crippen LogP contribution < -0.4 is 5.32 Å². The Labute approximate surface area is 105 Å². The molecule has 3 nitrogen and oxygen atoms in total. The molecular formula is C13H23NO2S. The van der Waals surface area contributed by atoms with E-state index in [1.165, 1.54) is 11.8 Å². The van der Waals surface area contributed by atoms with Crippen LogP contribution in [0.4, 0.5) is 0 Å². The van der Waals surface area contributed by atoms with Crippen molar-refractivity contribution in [2.75, 3.05) is 5.75 Å². The first-order chi connectivity index (χ1) is 7.76. The topological polar surface area (TPSA) is 46.2 Å². The molecule has 2 rings (SSSR count). The summed E-state index contributed by atoms with van der Waals surface area (Å²) in [5.74, 6) is 0.955. The summed E-state index contributed by atoms with van der Waals surface area (Å²) in [7, 11) is -2.93. The van der Waals surface area contributed by atoms with Gasteiger partial charge in [-0.3, -0.25) is 0 Å². The molecule has 3 atom stereocenters. The maximum atomic E-state index is 11.3. The first-order valence-corrected chi connectivity index (χ1v) is 8.14. The van der Waals surface area contributed by atoms with Crippen LogP contribution in [0, 0.1) is 11.3 Å². The molecule has 0 bridgehead atoms.